The molecule has 0 atom stereocenters. The van der Waals surface area contributed by atoms with Gasteiger partial charge in [0.05, 0.1) is 11.4 Å². The summed E-state index contributed by atoms with van der Waals surface area (Å²) in [6.07, 6.45) is 0. The number of ketones is 1. The number of benzene rings is 2. The van der Waals surface area contributed by atoms with Gasteiger partial charge in [-0.15, -0.1) is 10.2 Å². The molecule has 0 amide bonds. The van der Waals surface area contributed by atoms with Gasteiger partial charge in [0.1, 0.15) is 5.03 Å². The third-order valence-electron chi connectivity index (χ3n) is 3.81. The van der Waals surface area contributed by atoms with Gasteiger partial charge in [0.25, 0.3) is 0 Å². The van der Waals surface area contributed by atoms with Crippen molar-refractivity contribution in [2.24, 2.45) is 0 Å². The van der Waals surface area contributed by atoms with Gasteiger partial charge in [0.2, 0.25) is 6.79 Å². The van der Waals surface area contributed by atoms with Crippen LogP contribution < -0.4 is 9.47 Å². The highest BCUT2D eigenvalue weighted by Crippen LogP contribution is 2.33. The van der Waals surface area contributed by atoms with Crippen molar-refractivity contribution in [2.45, 2.75) is 5.03 Å². The molecule has 2 aromatic carbocycles. The van der Waals surface area contributed by atoms with Crippen LogP contribution in [0.4, 0.5) is 0 Å². The number of carbonyl (C=O) groups is 1. The van der Waals surface area contributed by atoms with Gasteiger partial charge in [-0.2, -0.15) is 0 Å². The topological polar surface area (TPSA) is 61.3 Å². The van der Waals surface area contributed by atoms with Gasteiger partial charge >= 0.3 is 0 Å². The van der Waals surface area contributed by atoms with Crippen LogP contribution in [0.15, 0.2) is 64.1 Å². The van der Waals surface area contributed by atoms with E-state index in [2.05, 4.69) is 26.1 Å². The maximum absolute atomic E-state index is 12.4. The Morgan fingerprint density at radius 2 is 1.92 bits per heavy atom. The SMILES string of the molecule is O=C(CSc1ccc(-c2cccc(Br)c2)nn1)c1ccc2c(c1)OCO2. The molecule has 0 aliphatic carbocycles. The quantitative estimate of drug-likeness (QED) is 0.436. The first-order chi connectivity index (χ1) is 12.7. The van der Waals surface area contributed by atoms with E-state index in [1.807, 2.05) is 36.4 Å². The van der Waals surface area contributed by atoms with Crippen LogP contribution in [0.2, 0.25) is 0 Å². The molecule has 7 heteroatoms. The molecule has 2 heterocycles. The number of rotatable bonds is 5. The van der Waals surface area contributed by atoms with Gasteiger partial charge in [-0.3, -0.25) is 4.79 Å². The summed E-state index contributed by atoms with van der Waals surface area (Å²) in [6.45, 7) is 0.196. The fraction of sp³-hybridized carbons (Fsp3) is 0.105. The van der Waals surface area contributed by atoms with E-state index in [0.29, 0.717) is 22.1 Å². The fourth-order valence-corrected chi connectivity index (χ4v) is 3.60. The first-order valence-electron chi connectivity index (χ1n) is 7.84. The predicted octanol–water partition coefficient (Wildman–Crippen LogP) is 4.61. The van der Waals surface area contributed by atoms with Crippen LogP contribution in [0.5, 0.6) is 11.5 Å². The maximum Gasteiger partial charge on any atom is 0.231 e. The molecule has 0 bridgehead atoms. The Bertz CT molecular complexity index is 963. The third kappa shape index (κ3) is 3.73. The van der Waals surface area contributed by atoms with E-state index in [0.717, 1.165) is 15.7 Å². The lowest BCUT2D eigenvalue weighted by molar-refractivity contribution is 0.102. The number of thioether (sulfide) groups is 1. The average molecular weight is 429 g/mol. The molecule has 0 saturated carbocycles. The number of halogens is 1. The standard InChI is InChI=1S/C19H13BrN2O3S/c20-14-3-1-2-12(8-14)15-5-7-19(22-21-15)26-10-16(23)13-4-6-17-18(9-13)25-11-24-17/h1-9H,10-11H2. The Morgan fingerprint density at radius 3 is 2.73 bits per heavy atom. The number of hydrogen-bond donors (Lipinski definition) is 0. The molecular weight excluding hydrogens is 416 g/mol. The molecule has 0 radical (unpaired) electrons. The van der Waals surface area contributed by atoms with Crippen molar-refractivity contribution < 1.29 is 14.3 Å². The van der Waals surface area contributed by atoms with Crippen molar-refractivity contribution in [2.75, 3.05) is 12.5 Å². The third-order valence-corrected chi connectivity index (χ3v) is 5.22. The summed E-state index contributed by atoms with van der Waals surface area (Å²) in [5.41, 5.74) is 2.37. The lowest BCUT2D eigenvalue weighted by atomic mass is 10.1. The first kappa shape index (κ1) is 17.1. The molecule has 0 N–H and O–H groups in total. The number of carbonyl (C=O) groups excluding carboxylic acids is 1. The second-order valence-electron chi connectivity index (χ2n) is 5.55. The maximum atomic E-state index is 12.4. The van der Waals surface area contributed by atoms with Crippen LogP contribution in [0.3, 0.4) is 0 Å². The molecule has 130 valence electrons. The normalized spacial score (nSPS) is 12.2. The van der Waals surface area contributed by atoms with Gasteiger partial charge in [-0.25, -0.2) is 0 Å². The minimum Gasteiger partial charge on any atom is -0.454 e. The molecular formula is C19H13BrN2O3S. The summed E-state index contributed by atoms with van der Waals surface area (Å²) in [4.78, 5) is 12.4. The number of ether oxygens (including phenoxy) is 2. The highest BCUT2D eigenvalue weighted by molar-refractivity contribution is 9.10. The van der Waals surface area contributed by atoms with E-state index in [-0.39, 0.29) is 18.3 Å². The zero-order chi connectivity index (χ0) is 17.9. The lowest BCUT2D eigenvalue weighted by Gasteiger charge is -2.04. The summed E-state index contributed by atoms with van der Waals surface area (Å²) < 4.78 is 11.6. The number of Topliss-reactive ketones (excluding diaryl/α,β-unsaturated/α-hetero) is 1. The first-order valence-corrected chi connectivity index (χ1v) is 9.62. The molecule has 1 aliphatic rings. The largest absolute Gasteiger partial charge is 0.454 e. The summed E-state index contributed by atoms with van der Waals surface area (Å²) in [5, 5.41) is 9.16. The highest BCUT2D eigenvalue weighted by atomic mass is 79.9. The Kier molecular flexibility index (Phi) is 4.90. The fourth-order valence-electron chi connectivity index (χ4n) is 2.49. The van der Waals surface area contributed by atoms with Crippen molar-refractivity contribution >= 4 is 33.5 Å². The number of fused-ring (bicyclic) bond motifs is 1. The van der Waals surface area contributed by atoms with Gasteiger partial charge in [-0.1, -0.05) is 39.8 Å². The molecule has 1 aromatic heterocycles. The Labute approximate surface area is 162 Å². The molecule has 0 unspecified atom stereocenters. The lowest BCUT2D eigenvalue weighted by Crippen LogP contribution is -2.03. The van der Waals surface area contributed by atoms with E-state index in [1.54, 1.807) is 18.2 Å². The van der Waals surface area contributed by atoms with Crippen molar-refractivity contribution in [3.8, 4) is 22.8 Å². The van der Waals surface area contributed by atoms with Crippen LogP contribution >= 0.6 is 27.7 Å². The Balaban J connectivity index is 1.41. The smallest absolute Gasteiger partial charge is 0.231 e. The van der Waals surface area contributed by atoms with Crippen LogP contribution in [-0.2, 0) is 0 Å². The van der Waals surface area contributed by atoms with Gasteiger partial charge < -0.3 is 9.47 Å². The van der Waals surface area contributed by atoms with Crippen LogP contribution in [0.25, 0.3) is 11.3 Å². The summed E-state index contributed by atoms with van der Waals surface area (Å²) in [7, 11) is 0. The van der Waals surface area contributed by atoms with E-state index in [4.69, 9.17) is 9.47 Å². The van der Waals surface area contributed by atoms with E-state index in [1.165, 1.54) is 11.8 Å². The Morgan fingerprint density at radius 1 is 1.04 bits per heavy atom. The van der Waals surface area contributed by atoms with E-state index >= 15 is 0 Å². The van der Waals surface area contributed by atoms with E-state index < -0.39 is 0 Å². The van der Waals surface area contributed by atoms with E-state index in [9.17, 15) is 4.79 Å². The molecule has 3 aromatic rings. The van der Waals surface area contributed by atoms with Gasteiger partial charge in [-0.05, 0) is 42.5 Å². The number of nitrogens with zero attached hydrogens (tertiary/aromatic N) is 2. The van der Waals surface area contributed by atoms with Crippen LogP contribution in [-0.4, -0.2) is 28.5 Å². The summed E-state index contributed by atoms with van der Waals surface area (Å²) in [6, 6.07) is 16.9. The molecule has 5 nitrogen and oxygen atoms in total. The summed E-state index contributed by atoms with van der Waals surface area (Å²) >= 11 is 4.81. The Hall–Kier alpha value is -2.38. The highest BCUT2D eigenvalue weighted by Gasteiger charge is 2.16. The van der Waals surface area contributed by atoms with Crippen LogP contribution in [0.1, 0.15) is 10.4 Å². The van der Waals surface area contributed by atoms with Crippen molar-refractivity contribution in [1.82, 2.24) is 10.2 Å². The minimum atomic E-state index is 0.00571. The summed E-state index contributed by atoms with van der Waals surface area (Å²) in [5.74, 6) is 1.57. The van der Waals surface area contributed by atoms with Crippen molar-refractivity contribution in [3.63, 3.8) is 0 Å². The molecule has 0 saturated heterocycles. The van der Waals surface area contributed by atoms with Crippen LogP contribution in [0, 0.1) is 0 Å². The zero-order valence-corrected chi connectivity index (χ0v) is 15.9. The zero-order valence-electron chi connectivity index (χ0n) is 13.5. The molecule has 4 rings (SSSR count). The molecule has 1 aliphatic heterocycles. The second kappa shape index (κ2) is 7.47. The second-order valence-corrected chi connectivity index (χ2v) is 7.46. The monoisotopic (exact) mass is 428 g/mol. The number of hydrogen-bond acceptors (Lipinski definition) is 6. The van der Waals surface area contributed by atoms with Crippen molar-refractivity contribution in [3.05, 3.63) is 64.6 Å². The number of aromatic nitrogens is 2. The predicted molar refractivity (Wildman–Crippen MR) is 103 cm³/mol. The molecule has 0 fully saturated rings. The van der Waals surface area contributed by atoms with Gasteiger partial charge in [0, 0.05) is 15.6 Å². The molecule has 26 heavy (non-hydrogen) atoms. The van der Waals surface area contributed by atoms with Gasteiger partial charge in [0.15, 0.2) is 17.3 Å². The minimum absolute atomic E-state index is 0.00571. The van der Waals surface area contributed by atoms with Crippen molar-refractivity contribution in [1.29, 1.82) is 0 Å². The molecule has 0 spiro atoms. The average Bonchev–Trinajstić information content (AvgIpc) is 3.14.